The molecule has 0 spiro atoms. The molecule has 0 saturated carbocycles. The second-order valence-electron chi connectivity index (χ2n) is 8.14. The Morgan fingerprint density at radius 2 is 1.54 bits per heavy atom. The zero-order chi connectivity index (χ0) is 25.5. The third kappa shape index (κ3) is 6.39. The molecule has 0 bridgehead atoms. The van der Waals surface area contributed by atoms with Crippen LogP contribution < -0.4 is 10.1 Å². The molecule has 1 aromatic heterocycles. The number of rotatable bonds is 9. The van der Waals surface area contributed by atoms with E-state index >= 15 is 0 Å². The largest absolute Gasteiger partial charge is 0.457 e. The third-order valence-corrected chi connectivity index (χ3v) is 6.74. The molecule has 6 nitrogen and oxygen atoms in total. The third-order valence-electron chi connectivity index (χ3n) is 5.44. The highest BCUT2D eigenvalue weighted by Gasteiger charge is 2.18. The van der Waals surface area contributed by atoms with Crippen molar-refractivity contribution in [2.45, 2.75) is 11.7 Å². The van der Waals surface area contributed by atoms with Gasteiger partial charge in [0.25, 0.3) is 0 Å². The van der Waals surface area contributed by atoms with Gasteiger partial charge in [-0.1, -0.05) is 90.1 Å². The number of hydrogen-bond acceptors (Lipinski definition) is 5. The minimum Gasteiger partial charge on any atom is -0.457 e. The zero-order valence-corrected chi connectivity index (χ0v) is 21.3. The Balaban J connectivity index is 1.30. The summed E-state index contributed by atoms with van der Waals surface area (Å²) < 4.78 is 7.86. The van der Waals surface area contributed by atoms with E-state index in [-0.39, 0.29) is 11.7 Å². The summed E-state index contributed by atoms with van der Waals surface area (Å²) in [5.74, 6) is 2.04. The Morgan fingerprint density at radius 3 is 2.32 bits per heavy atom. The lowest BCUT2D eigenvalue weighted by atomic mass is 10.2. The number of benzene rings is 4. The SMILES string of the molecule is O=C(CSc1nnc(-c2ccccc2Cl)n1Cc1ccccc1)Nc1cccc(Oc2ccccc2)c1. The second kappa shape index (κ2) is 11.8. The first-order chi connectivity index (χ1) is 18.2. The van der Waals surface area contributed by atoms with Crippen LogP contribution in [0.1, 0.15) is 5.56 Å². The first-order valence-corrected chi connectivity index (χ1v) is 13.0. The van der Waals surface area contributed by atoms with Crippen LogP contribution >= 0.6 is 23.4 Å². The summed E-state index contributed by atoms with van der Waals surface area (Å²) in [6.45, 7) is 0.553. The molecule has 4 aromatic carbocycles. The Labute approximate surface area is 224 Å². The molecule has 0 aliphatic rings. The highest BCUT2D eigenvalue weighted by molar-refractivity contribution is 7.99. The molecule has 0 unspecified atom stereocenters. The lowest BCUT2D eigenvalue weighted by Gasteiger charge is -2.12. The Hall–Kier alpha value is -4.07. The van der Waals surface area contributed by atoms with Gasteiger partial charge in [-0.2, -0.15) is 0 Å². The van der Waals surface area contributed by atoms with Gasteiger partial charge < -0.3 is 10.1 Å². The molecule has 0 fully saturated rings. The molecule has 0 aliphatic heterocycles. The van der Waals surface area contributed by atoms with Gasteiger partial charge in [0.2, 0.25) is 5.91 Å². The van der Waals surface area contributed by atoms with E-state index in [1.54, 1.807) is 6.07 Å². The monoisotopic (exact) mass is 526 g/mol. The topological polar surface area (TPSA) is 69.0 Å². The van der Waals surface area contributed by atoms with Crippen LogP contribution in [-0.2, 0) is 11.3 Å². The smallest absolute Gasteiger partial charge is 0.234 e. The van der Waals surface area contributed by atoms with Crippen molar-refractivity contribution in [1.82, 2.24) is 14.8 Å². The highest BCUT2D eigenvalue weighted by atomic mass is 35.5. The molecule has 0 atom stereocenters. The number of amides is 1. The average Bonchev–Trinajstić information content (AvgIpc) is 3.31. The fourth-order valence-corrected chi connectivity index (χ4v) is 4.69. The number of ether oxygens (including phenoxy) is 1. The Kier molecular flexibility index (Phi) is 7.84. The minimum atomic E-state index is -0.157. The van der Waals surface area contributed by atoms with Crippen molar-refractivity contribution in [3.8, 4) is 22.9 Å². The maximum atomic E-state index is 12.8. The summed E-state index contributed by atoms with van der Waals surface area (Å²) >= 11 is 7.79. The number of aromatic nitrogens is 3. The molecular weight excluding hydrogens is 504 g/mol. The van der Waals surface area contributed by atoms with Gasteiger partial charge in [-0.15, -0.1) is 10.2 Å². The molecule has 184 valence electrons. The number of thioether (sulfide) groups is 1. The summed E-state index contributed by atoms with van der Waals surface area (Å²) in [7, 11) is 0. The van der Waals surface area contributed by atoms with Crippen molar-refractivity contribution >= 4 is 35.0 Å². The van der Waals surface area contributed by atoms with Crippen LogP contribution in [0.3, 0.4) is 0 Å². The van der Waals surface area contributed by atoms with E-state index in [0.29, 0.717) is 34.0 Å². The maximum Gasteiger partial charge on any atom is 0.234 e. The summed E-state index contributed by atoms with van der Waals surface area (Å²) in [4.78, 5) is 12.8. The van der Waals surface area contributed by atoms with Crippen LogP contribution in [0.5, 0.6) is 11.5 Å². The quantitative estimate of drug-likeness (QED) is 0.206. The van der Waals surface area contributed by atoms with Crippen LogP contribution in [0.15, 0.2) is 114 Å². The van der Waals surface area contributed by atoms with Crippen molar-refractivity contribution in [2.24, 2.45) is 0 Å². The van der Waals surface area contributed by atoms with Crippen molar-refractivity contribution in [2.75, 3.05) is 11.1 Å². The van der Waals surface area contributed by atoms with Crippen LogP contribution in [0.25, 0.3) is 11.4 Å². The maximum absolute atomic E-state index is 12.8. The predicted molar refractivity (Wildman–Crippen MR) is 148 cm³/mol. The van der Waals surface area contributed by atoms with Crippen LogP contribution in [0.4, 0.5) is 5.69 Å². The van der Waals surface area contributed by atoms with Crippen molar-refractivity contribution in [3.05, 3.63) is 120 Å². The Bertz CT molecular complexity index is 1490. The van der Waals surface area contributed by atoms with E-state index in [2.05, 4.69) is 15.5 Å². The van der Waals surface area contributed by atoms with Gasteiger partial charge in [-0.25, -0.2) is 0 Å². The molecule has 0 saturated heterocycles. The standard InChI is InChI=1S/C29H23ClN4O2S/c30-26-17-8-7-16-25(26)28-32-33-29(34(28)19-21-10-3-1-4-11-21)37-20-27(35)31-22-12-9-15-24(18-22)36-23-13-5-2-6-14-23/h1-18H,19-20H2,(H,31,35). The first kappa shape index (κ1) is 24.6. The summed E-state index contributed by atoms with van der Waals surface area (Å²) in [5, 5.41) is 13.0. The number of carbonyl (C=O) groups is 1. The van der Waals surface area contributed by atoms with Crippen molar-refractivity contribution in [3.63, 3.8) is 0 Å². The average molecular weight is 527 g/mol. The number of para-hydroxylation sites is 1. The minimum absolute atomic E-state index is 0.157. The van der Waals surface area contributed by atoms with Crippen molar-refractivity contribution in [1.29, 1.82) is 0 Å². The molecule has 8 heteroatoms. The van der Waals surface area contributed by atoms with Gasteiger partial charge in [-0.05, 0) is 42.0 Å². The number of halogens is 1. The van der Waals surface area contributed by atoms with Gasteiger partial charge in [0, 0.05) is 17.3 Å². The Morgan fingerprint density at radius 1 is 0.838 bits per heavy atom. The van der Waals surface area contributed by atoms with E-state index in [9.17, 15) is 4.79 Å². The molecule has 5 aromatic rings. The normalized spacial score (nSPS) is 10.7. The van der Waals surface area contributed by atoms with Gasteiger partial charge >= 0.3 is 0 Å². The molecule has 0 aliphatic carbocycles. The van der Waals surface area contributed by atoms with Gasteiger partial charge in [0.05, 0.1) is 17.3 Å². The summed E-state index contributed by atoms with van der Waals surface area (Å²) in [5.41, 5.74) is 2.54. The fraction of sp³-hybridized carbons (Fsp3) is 0.0690. The number of nitrogens with one attached hydrogen (secondary N) is 1. The number of hydrogen-bond donors (Lipinski definition) is 1. The van der Waals surface area contributed by atoms with E-state index in [1.165, 1.54) is 11.8 Å². The molecule has 37 heavy (non-hydrogen) atoms. The van der Waals surface area contributed by atoms with E-state index in [0.717, 1.165) is 16.9 Å². The van der Waals surface area contributed by atoms with Crippen LogP contribution in [0, 0.1) is 0 Å². The second-order valence-corrected chi connectivity index (χ2v) is 9.49. The zero-order valence-electron chi connectivity index (χ0n) is 19.8. The fourth-order valence-electron chi connectivity index (χ4n) is 3.73. The van der Waals surface area contributed by atoms with Crippen LogP contribution in [0.2, 0.25) is 5.02 Å². The van der Waals surface area contributed by atoms with Gasteiger partial charge in [-0.3, -0.25) is 9.36 Å². The molecular formula is C29H23ClN4O2S. The van der Waals surface area contributed by atoms with Crippen LogP contribution in [-0.4, -0.2) is 26.4 Å². The molecule has 0 radical (unpaired) electrons. The molecule has 5 rings (SSSR count). The number of carbonyl (C=O) groups excluding carboxylic acids is 1. The van der Waals surface area contributed by atoms with Crippen molar-refractivity contribution < 1.29 is 9.53 Å². The summed E-state index contributed by atoms with van der Waals surface area (Å²) in [6, 6.07) is 34.4. The van der Waals surface area contributed by atoms with E-state index in [4.69, 9.17) is 16.3 Å². The first-order valence-electron chi connectivity index (χ1n) is 11.6. The lowest BCUT2D eigenvalue weighted by molar-refractivity contribution is -0.113. The molecule has 1 heterocycles. The van der Waals surface area contributed by atoms with E-state index in [1.807, 2.05) is 108 Å². The molecule has 1 N–H and O–H groups in total. The van der Waals surface area contributed by atoms with Gasteiger partial charge in [0.1, 0.15) is 11.5 Å². The van der Waals surface area contributed by atoms with Gasteiger partial charge in [0.15, 0.2) is 11.0 Å². The van der Waals surface area contributed by atoms with E-state index < -0.39 is 0 Å². The number of anilines is 1. The predicted octanol–water partition coefficient (Wildman–Crippen LogP) is 7.17. The molecule has 1 amide bonds. The highest BCUT2D eigenvalue weighted by Crippen LogP contribution is 2.30. The number of nitrogens with zero attached hydrogens (tertiary/aromatic N) is 3. The lowest BCUT2D eigenvalue weighted by Crippen LogP contribution is -2.15. The summed E-state index contributed by atoms with van der Waals surface area (Å²) in [6.07, 6.45) is 0.